The van der Waals surface area contributed by atoms with Crippen molar-refractivity contribution in [3.05, 3.63) is 17.0 Å². The molecule has 0 amide bonds. The second-order valence-electron chi connectivity index (χ2n) is 3.96. The number of hydrogen-bond donors (Lipinski definition) is 0. The molecule has 0 aromatic carbocycles. The highest BCUT2D eigenvalue weighted by Crippen LogP contribution is 2.14. The van der Waals surface area contributed by atoms with Crippen molar-refractivity contribution in [3.8, 4) is 0 Å². The fraction of sp³-hybridized carbons (Fsp3) is 0.750. The average Bonchev–Trinajstić information content (AvgIpc) is 2.58. The van der Waals surface area contributed by atoms with E-state index in [1.54, 1.807) is 7.11 Å². The summed E-state index contributed by atoms with van der Waals surface area (Å²) in [4.78, 5) is 0. The summed E-state index contributed by atoms with van der Waals surface area (Å²) >= 11 is 5.87. The van der Waals surface area contributed by atoms with Gasteiger partial charge in [0.1, 0.15) is 0 Å². The van der Waals surface area contributed by atoms with Gasteiger partial charge >= 0.3 is 0 Å². The monoisotopic (exact) mass is 260 g/mol. The highest BCUT2D eigenvalue weighted by molar-refractivity contribution is 6.17. The van der Waals surface area contributed by atoms with E-state index in [9.17, 15) is 0 Å². The Labute approximate surface area is 108 Å². The van der Waals surface area contributed by atoms with Crippen molar-refractivity contribution in [2.45, 2.75) is 32.7 Å². The lowest BCUT2D eigenvalue weighted by atomic mass is 10.2. The fourth-order valence-corrected chi connectivity index (χ4v) is 2.09. The van der Waals surface area contributed by atoms with Crippen molar-refractivity contribution >= 4 is 11.6 Å². The standard InChI is InChI=1S/C12H21ClN2O2/c1-10-12(9-13)11(2)15(14-10)5-8-17-7-4-6-16-3/h4-9H2,1-3H3. The maximum atomic E-state index is 5.87. The van der Waals surface area contributed by atoms with E-state index in [-0.39, 0.29) is 0 Å². The van der Waals surface area contributed by atoms with Crippen LogP contribution in [0.15, 0.2) is 0 Å². The molecular formula is C12H21ClN2O2. The lowest BCUT2D eigenvalue weighted by Gasteiger charge is -2.06. The van der Waals surface area contributed by atoms with E-state index in [0.29, 0.717) is 12.5 Å². The maximum absolute atomic E-state index is 5.87. The molecule has 1 heterocycles. The molecule has 0 atom stereocenters. The van der Waals surface area contributed by atoms with Crippen LogP contribution in [0.4, 0.5) is 0 Å². The summed E-state index contributed by atoms with van der Waals surface area (Å²) in [5.41, 5.74) is 3.28. The Morgan fingerprint density at radius 2 is 2.00 bits per heavy atom. The lowest BCUT2D eigenvalue weighted by molar-refractivity contribution is 0.0958. The summed E-state index contributed by atoms with van der Waals surface area (Å²) < 4.78 is 12.4. The van der Waals surface area contributed by atoms with Crippen molar-refractivity contribution in [1.82, 2.24) is 9.78 Å². The Morgan fingerprint density at radius 3 is 2.59 bits per heavy atom. The normalized spacial score (nSPS) is 11.1. The number of rotatable bonds is 8. The smallest absolute Gasteiger partial charge is 0.0662 e. The number of aryl methyl sites for hydroxylation is 1. The molecule has 98 valence electrons. The molecule has 0 radical (unpaired) electrons. The van der Waals surface area contributed by atoms with Crippen LogP contribution in [0, 0.1) is 13.8 Å². The molecule has 0 saturated carbocycles. The van der Waals surface area contributed by atoms with Crippen LogP contribution in [-0.4, -0.2) is 36.7 Å². The van der Waals surface area contributed by atoms with Crippen molar-refractivity contribution < 1.29 is 9.47 Å². The van der Waals surface area contributed by atoms with Gasteiger partial charge < -0.3 is 9.47 Å². The van der Waals surface area contributed by atoms with Crippen LogP contribution >= 0.6 is 11.6 Å². The van der Waals surface area contributed by atoms with Crippen LogP contribution < -0.4 is 0 Å². The predicted molar refractivity (Wildman–Crippen MR) is 68.6 cm³/mol. The van der Waals surface area contributed by atoms with Gasteiger partial charge in [0.25, 0.3) is 0 Å². The number of aromatic nitrogens is 2. The van der Waals surface area contributed by atoms with Crippen LogP contribution in [0.3, 0.4) is 0 Å². The first kappa shape index (κ1) is 14.5. The van der Waals surface area contributed by atoms with Gasteiger partial charge in [0.2, 0.25) is 0 Å². The molecule has 0 saturated heterocycles. The molecule has 5 heteroatoms. The van der Waals surface area contributed by atoms with Crippen molar-refractivity contribution in [2.75, 3.05) is 26.9 Å². The Balaban J connectivity index is 2.32. The summed E-state index contributed by atoms with van der Waals surface area (Å²) in [6.07, 6.45) is 0.931. The summed E-state index contributed by atoms with van der Waals surface area (Å²) in [5.74, 6) is 0.520. The Bertz CT molecular complexity index is 339. The van der Waals surface area contributed by atoms with Crippen LogP contribution in [0.25, 0.3) is 0 Å². The van der Waals surface area contributed by atoms with Crippen molar-refractivity contribution in [2.24, 2.45) is 0 Å². The molecule has 0 N–H and O–H groups in total. The molecule has 1 aromatic rings. The Kier molecular flexibility index (Phi) is 6.55. The SMILES string of the molecule is COCCCOCCn1nc(C)c(CCl)c1C. The first-order chi connectivity index (χ1) is 8.20. The first-order valence-electron chi connectivity index (χ1n) is 5.86. The zero-order valence-electron chi connectivity index (χ0n) is 10.8. The predicted octanol–water partition coefficient (Wildman–Crippen LogP) is 2.29. The lowest BCUT2D eigenvalue weighted by Crippen LogP contribution is -2.10. The summed E-state index contributed by atoms with van der Waals surface area (Å²) in [6, 6.07) is 0. The topological polar surface area (TPSA) is 36.3 Å². The Hall–Kier alpha value is -0.580. The van der Waals surface area contributed by atoms with Gasteiger partial charge in [0.05, 0.1) is 24.7 Å². The number of methoxy groups -OCH3 is 1. The van der Waals surface area contributed by atoms with Crippen molar-refractivity contribution in [3.63, 3.8) is 0 Å². The second-order valence-corrected chi connectivity index (χ2v) is 4.23. The summed E-state index contributed by atoms with van der Waals surface area (Å²) in [5, 5.41) is 4.44. The van der Waals surface area contributed by atoms with E-state index < -0.39 is 0 Å². The third kappa shape index (κ3) is 4.30. The van der Waals surface area contributed by atoms with E-state index >= 15 is 0 Å². The molecule has 1 rings (SSSR count). The van der Waals surface area contributed by atoms with E-state index in [0.717, 1.165) is 43.1 Å². The third-order valence-corrected chi connectivity index (χ3v) is 3.02. The molecule has 0 spiro atoms. The number of halogens is 1. The number of ether oxygens (including phenoxy) is 2. The zero-order chi connectivity index (χ0) is 12.7. The zero-order valence-corrected chi connectivity index (χ0v) is 11.6. The quantitative estimate of drug-likeness (QED) is 0.532. The number of nitrogens with zero attached hydrogens (tertiary/aromatic N) is 2. The highest BCUT2D eigenvalue weighted by atomic mass is 35.5. The van der Waals surface area contributed by atoms with E-state index in [4.69, 9.17) is 21.1 Å². The molecule has 0 aliphatic carbocycles. The molecule has 1 aromatic heterocycles. The van der Waals surface area contributed by atoms with Gasteiger partial charge in [0.15, 0.2) is 0 Å². The van der Waals surface area contributed by atoms with Crippen LogP contribution in [0.5, 0.6) is 0 Å². The van der Waals surface area contributed by atoms with Gasteiger partial charge in [-0.3, -0.25) is 4.68 Å². The fourth-order valence-electron chi connectivity index (χ4n) is 1.70. The summed E-state index contributed by atoms with van der Waals surface area (Å²) in [6.45, 7) is 6.96. The van der Waals surface area contributed by atoms with Crippen molar-refractivity contribution in [1.29, 1.82) is 0 Å². The molecule has 0 bridgehead atoms. The molecule has 0 aliphatic heterocycles. The van der Waals surface area contributed by atoms with Gasteiger partial charge in [-0.05, 0) is 20.3 Å². The van der Waals surface area contributed by atoms with Gasteiger partial charge in [-0.1, -0.05) is 0 Å². The molecule has 4 nitrogen and oxygen atoms in total. The first-order valence-corrected chi connectivity index (χ1v) is 6.39. The van der Waals surface area contributed by atoms with Gasteiger partial charge in [-0.2, -0.15) is 5.10 Å². The molecule has 0 unspecified atom stereocenters. The second kappa shape index (κ2) is 7.69. The molecular weight excluding hydrogens is 240 g/mol. The van der Waals surface area contributed by atoms with E-state index in [1.807, 2.05) is 18.5 Å². The average molecular weight is 261 g/mol. The largest absolute Gasteiger partial charge is 0.385 e. The minimum atomic E-state index is 0.520. The summed E-state index contributed by atoms with van der Waals surface area (Å²) in [7, 11) is 1.70. The molecule has 0 fully saturated rings. The minimum absolute atomic E-state index is 0.520. The molecule has 0 aliphatic rings. The van der Waals surface area contributed by atoms with Crippen LogP contribution in [0.1, 0.15) is 23.4 Å². The van der Waals surface area contributed by atoms with E-state index in [1.165, 1.54) is 0 Å². The third-order valence-electron chi connectivity index (χ3n) is 2.75. The van der Waals surface area contributed by atoms with E-state index in [2.05, 4.69) is 5.10 Å². The van der Waals surface area contributed by atoms with Crippen LogP contribution in [0.2, 0.25) is 0 Å². The van der Waals surface area contributed by atoms with Gasteiger partial charge in [-0.15, -0.1) is 11.6 Å². The number of alkyl halides is 1. The van der Waals surface area contributed by atoms with Gasteiger partial charge in [0, 0.05) is 31.6 Å². The minimum Gasteiger partial charge on any atom is -0.385 e. The highest BCUT2D eigenvalue weighted by Gasteiger charge is 2.09. The molecule has 17 heavy (non-hydrogen) atoms. The van der Waals surface area contributed by atoms with Crippen LogP contribution in [-0.2, 0) is 21.9 Å². The Morgan fingerprint density at radius 1 is 1.24 bits per heavy atom. The number of hydrogen-bond acceptors (Lipinski definition) is 3. The maximum Gasteiger partial charge on any atom is 0.0662 e. The van der Waals surface area contributed by atoms with Gasteiger partial charge in [-0.25, -0.2) is 0 Å².